The topological polar surface area (TPSA) is 134 Å². The molecule has 0 saturated heterocycles. The van der Waals surface area contributed by atoms with E-state index >= 15 is 0 Å². The molecule has 136 valence electrons. The van der Waals surface area contributed by atoms with Gasteiger partial charge in [0.15, 0.2) is 11.5 Å². The van der Waals surface area contributed by atoms with Crippen molar-refractivity contribution in [2.75, 3.05) is 17.7 Å². The second-order valence-corrected chi connectivity index (χ2v) is 5.19. The summed E-state index contributed by atoms with van der Waals surface area (Å²) in [6, 6.07) is 8.71. The highest BCUT2D eigenvalue weighted by atomic mass is 17.5. The van der Waals surface area contributed by atoms with Gasteiger partial charge >= 0.3 is 5.97 Å². The van der Waals surface area contributed by atoms with E-state index in [-0.39, 0.29) is 16.9 Å². The Balaban J connectivity index is 2.44. The molecule has 0 unspecified atom stereocenters. The van der Waals surface area contributed by atoms with Gasteiger partial charge in [-0.3, -0.25) is 9.59 Å². The van der Waals surface area contributed by atoms with Crippen LogP contribution in [-0.4, -0.2) is 35.1 Å². The van der Waals surface area contributed by atoms with Crippen LogP contribution >= 0.6 is 0 Å². The molecule has 0 aliphatic carbocycles. The van der Waals surface area contributed by atoms with Gasteiger partial charge in [-0.05, 0) is 42.3 Å². The molecule has 0 radical (unpaired) electrons. The van der Waals surface area contributed by atoms with E-state index in [0.29, 0.717) is 5.69 Å². The minimum absolute atomic E-state index is 0.125. The standard InChI is InChI=1S/C17H16N2O7/c1-9(20)12-7-13(14(17(22)23)8-15(12)25-26-24)16(21)19-11-5-3-10(18-2)4-6-11/h3-8,18,24H,1-2H3,(H,19,21)(H,22,23). The Bertz CT molecular complexity index is 847. The third-order valence-electron chi connectivity index (χ3n) is 3.53. The van der Waals surface area contributed by atoms with Crippen LogP contribution in [0.2, 0.25) is 0 Å². The van der Waals surface area contributed by atoms with Crippen molar-refractivity contribution >= 4 is 29.0 Å². The molecular formula is C17H16N2O7. The number of amides is 1. The van der Waals surface area contributed by atoms with Gasteiger partial charge in [-0.15, -0.1) is 0 Å². The van der Waals surface area contributed by atoms with Gasteiger partial charge < -0.3 is 20.6 Å². The Morgan fingerprint density at radius 2 is 1.58 bits per heavy atom. The summed E-state index contributed by atoms with van der Waals surface area (Å²) in [4.78, 5) is 40.1. The zero-order valence-corrected chi connectivity index (χ0v) is 13.9. The van der Waals surface area contributed by atoms with Gasteiger partial charge in [-0.1, -0.05) is 0 Å². The van der Waals surface area contributed by atoms with Gasteiger partial charge in [-0.25, -0.2) is 10.1 Å². The number of ketones is 1. The second kappa shape index (κ2) is 8.10. The smallest absolute Gasteiger partial charge is 0.336 e. The van der Waals surface area contributed by atoms with E-state index in [0.717, 1.165) is 17.8 Å². The van der Waals surface area contributed by atoms with Crippen LogP contribution in [0.25, 0.3) is 0 Å². The van der Waals surface area contributed by atoms with Crippen molar-refractivity contribution in [3.8, 4) is 5.75 Å². The third kappa shape index (κ3) is 4.15. The van der Waals surface area contributed by atoms with Crippen molar-refractivity contribution in [3.05, 3.63) is 53.1 Å². The second-order valence-electron chi connectivity index (χ2n) is 5.19. The highest BCUT2D eigenvalue weighted by molar-refractivity contribution is 6.12. The molecule has 0 saturated carbocycles. The highest BCUT2D eigenvalue weighted by Crippen LogP contribution is 2.26. The molecule has 4 N–H and O–H groups in total. The van der Waals surface area contributed by atoms with Crippen LogP contribution < -0.4 is 15.5 Å². The van der Waals surface area contributed by atoms with E-state index in [1.807, 2.05) is 0 Å². The van der Waals surface area contributed by atoms with Crippen molar-refractivity contribution in [1.82, 2.24) is 0 Å². The molecule has 9 nitrogen and oxygen atoms in total. The highest BCUT2D eigenvalue weighted by Gasteiger charge is 2.23. The van der Waals surface area contributed by atoms with Crippen molar-refractivity contribution in [2.45, 2.75) is 6.92 Å². The molecule has 0 bridgehead atoms. The van der Waals surface area contributed by atoms with Crippen LogP contribution in [0.3, 0.4) is 0 Å². The molecule has 2 aromatic carbocycles. The van der Waals surface area contributed by atoms with Crippen LogP contribution in [0, 0.1) is 0 Å². The Kier molecular flexibility index (Phi) is 5.89. The molecule has 0 aromatic heterocycles. The largest absolute Gasteiger partial charge is 0.478 e. The Hall–Kier alpha value is -3.43. The lowest BCUT2D eigenvalue weighted by molar-refractivity contribution is -0.438. The number of nitrogens with one attached hydrogen (secondary N) is 2. The first kappa shape index (κ1) is 18.9. The maximum Gasteiger partial charge on any atom is 0.336 e. The molecule has 0 atom stereocenters. The maximum absolute atomic E-state index is 12.5. The normalized spacial score (nSPS) is 10.1. The first-order chi connectivity index (χ1) is 12.4. The molecule has 26 heavy (non-hydrogen) atoms. The van der Waals surface area contributed by atoms with Gasteiger partial charge in [-0.2, -0.15) is 0 Å². The van der Waals surface area contributed by atoms with E-state index < -0.39 is 23.2 Å². The number of carboxylic acids is 1. The van der Waals surface area contributed by atoms with Crippen molar-refractivity contribution in [3.63, 3.8) is 0 Å². The molecular weight excluding hydrogens is 344 g/mol. The molecule has 0 spiro atoms. The maximum atomic E-state index is 12.5. The fourth-order valence-corrected chi connectivity index (χ4v) is 2.25. The lowest BCUT2D eigenvalue weighted by Crippen LogP contribution is -2.18. The third-order valence-corrected chi connectivity index (χ3v) is 3.53. The number of aromatic carboxylic acids is 1. The first-order valence-corrected chi connectivity index (χ1v) is 7.37. The number of carboxylic acid groups (broad SMARTS) is 1. The molecule has 0 aliphatic rings. The average molecular weight is 360 g/mol. The fourth-order valence-electron chi connectivity index (χ4n) is 2.25. The van der Waals surface area contributed by atoms with E-state index in [2.05, 4.69) is 20.6 Å². The lowest BCUT2D eigenvalue weighted by Gasteiger charge is -2.12. The van der Waals surface area contributed by atoms with Crippen LogP contribution in [0.1, 0.15) is 38.0 Å². The summed E-state index contributed by atoms with van der Waals surface area (Å²) in [6.07, 6.45) is 0. The van der Waals surface area contributed by atoms with Crippen LogP contribution in [0.4, 0.5) is 11.4 Å². The number of hydrogen-bond donors (Lipinski definition) is 4. The zero-order chi connectivity index (χ0) is 19.3. The number of rotatable bonds is 7. The van der Waals surface area contributed by atoms with E-state index in [1.54, 1.807) is 31.3 Å². The summed E-state index contributed by atoms with van der Waals surface area (Å²) in [6.45, 7) is 1.19. The van der Waals surface area contributed by atoms with Gasteiger partial charge in [0.25, 0.3) is 5.91 Å². The van der Waals surface area contributed by atoms with Crippen molar-refractivity contribution < 1.29 is 34.7 Å². The summed E-state index contributed by atoms with van der Waals surface area (Å²) >= 11 is 0. The summed E-state index contributed by atoms with van der Waals surface area (Å²) in [5, 5.41) is 26.8. The van der Waals surface area contributed by atoms with Gasteiger partial charge in [0, 0.05) is 24.5 Å². The van der Waals surface area contributed by atoms with Gasteiger partial charge in [0.1, 0.15) is 0 Å². The van der Waals surface area contributed by atoms with Gasteiger partial charge in [0.2, 0.25) is 0 Å². The predicted molar refractivity (Wildman–Crippen MR) is 91.7 cm³/mol. The SMILES string of the molecule is CNc1ccc(NC(=O)c2cc(C(C)=O)c(OOO)cc2C(=O)O)cc1. The van der Waals surface area contributed by atoms with Crippen LogP contribution in [0.5, 0.6) is 5.75 Å². The Labute approximate surface area is 148 Å². The van der Waals surface area contributed by atoms with Crippen LogP contribution in [-0.2, 0) is 5.04 Å². The number of benzene rings is 2. The quantitative estimate of drug-likeness (QED) is 0.336. The van der Waals surface area contributed by atoms with E-state index in [9.17, 15) is 19.5 Å². The van der Waals surface area contributed by atoms with Gasteiger partial charge in [0.05, 0.1) is 16.7 Å². The van der Waals surface area contributed by atoms with Crippen LogP contribution in [0.15, 0.2) is 36.4 Å². The molecule has 1 amide bonds. The van der Waals surface area contributed by atoms with E-state index in [1.165, 1.54) is 6.92 Å². The Morgan fingerprint density at radius 3 is 2.08 bits per heavy atom. The molecule has 0 aliphatic heterocycles. The lowest BCUT2D eigenvalue weighted by atomic mass is 10.00. The van der Waals surface area contributed by atoms with Crippen molar-refractivity contribution in [2.24, 2.45) is 0 Å². The first-order valence-electron chi connectivity index (χ1n) is 7.37. The minimum Gasteiger partial charge on any atom is -0.478 e. The number of carbonyl (C=O) groups is 3. The molecule has 2 rings (SSSR count). The summed E-state index contributed by atoms with van der Waals surface area (Å²) in [7, 11) is 1.75. The number of anilines is 2. The molecule has 0 fully saturated rings. The predicted octanol–water partition coefficient (Wildman–Crippen LogP) is 2.66. The monoisotopic (exact) mass is 360 g/mol. The molecule has 9 heteroatoms. The zero-order valence-electron chi connectivity index (χ0n) is 13.9. The average Bonchev–Trinajstić information content (AvgIpc) is 2.61. The summed E-state index contributed by atoms with van der Waals surface area (Å²) < 4.78 is 0. The number of Topliss-reactive ketones (excluding diaryl/α,β-unsaturated/α-hetero) is 1. The van der Waals surface area contributed by atoms with E-state index in [4.69, 9.17) is 5.26 Å². The summed E-state index contributed by atoms with van der Waals surface area (Å²) in [5.41, 5.74) is 0.476. The fraction of sp³-hybridized carbons (Fsp3) is 0.118. The Morgan fingerprint density at radius 1 is 0.962 bits per heavy atom. The minimum atomic E-state index is -1.42. The molecule has 0 heterocycles. The van der Waals surface area contributed by atoms with Crippen molar-refractivity contribution in [1.29, 1.82) is 0 Å². The molecule has 2 aromatic rings. The summed E-state index contributed by atoms with van der Waals surface area (Å²) in [5.74, 6) is -2.98. The number of carbonyl (C=O) groups excluding carboxylic acids is 2. The number of hydrogen-bond acceptors (Lipinski definition) is 7.